The van der Waals surface area contributed by atoms with E-state index in [1.54, 1.807) is 0 Å². The number of rotatable bonds is 4. The lowest BCUT2D eigenvalue weighted by molar-refractivity contribution is -0.140. The molecule has 1 saturated carbocycles. The molecular weight excluding hydrogens is 204 g/mol. The van der Waals surface area contributed by atoms with E-state index in [4.69, 9.17) is 4.74 Å². The predicted molar refractivity (Wildman–Crippen MR) is 62.9 cm³/mol. The zero-order valence-electron chi connectivity index (χ0n) is 10.2. The molecule has 0 amide bonds. The molecule has 2 atom stereocenters. The molecule has 0 saturated heterocycles. The van der Waals surface area contributed by atoms with E-state index in [2.05, 4.69) is 20.4 Å². The van der Waals surface area contributed by atoms with Crippen LogP contribution in [0.2, 0.25) is 0 Å². The van der Waals surface area contributed by atoms with E-state index in [-0.39, 0.29) is 6.61 Å². The zero-order valence-corrected chi connectivity index (χ0v) is 10.2. The molecule has 0 aliphatic heterocycles. The number of hydrogen-bond acceptors (Lipinski definition) is 3. The molecule has 1 rings (SSSR count). The van der Waals surface area contributed by atoms with E-state index in [1.165, 1.54) is 6.42 Å². The highest BCUT2D eigenvalue weighted by atomic mass is 16.5. The van der Waals surface area contributed by atoms with Gasteiger partial charge in [0.1, 0.15) is 0 Å². The number of carbonyl (C=O) groups is 1. The maximum absolute atomic E-state index is 10.9. The van der Waals surface area contributed by atoms with Crippen LogP contribution in [-0.4, -0.2) is 23.3 Å². The van der Waals surface area contributed by atoms with E-state index in [9.17, 15) is 9.90 Å². The van der Waals surface area contributed by atoms with Crippen LogP contribution in [0.1, 0.15) is 39.5 Å². The summed E-state index contributed by atoms with van der Waals surface area (Å²) in [6.07, 6.45) is 4.47. The minimum absolute atomic E-state index is 0.279. The number of carbonyl (C=O) groups excluding carboxylic acids is 1. The third-order valence-corrected chi connectivity index (χ3v) is 3.24. The maximum atomic E-state index is 10.9. The van der Waals surface area contributed by atoms with Crippen molar-refractivity contribution in [2.24, 2.45) is 11.8 Å². The molecule has 3 heteroatoms. The van der Waals surface area contributed by atoms with Crippen LogP contribution in [0.4, 0.5) is 0 Å². The van der Waals surface area contributed by atoms with Crippen LogP contribution < -0.4 is 0 Å². The minimum atomic E-state index is -0.654. The van der Waals surface area contributed by atoms with Gasteiger partial charge in [-0.25, -0.2) is 4.79 Å². The quantitative estimate of drug-likeness (QED) is 0.591. The Morgan fingerprint density at radius 2 is 2.06 bits per heavy atom. The Morgan fingerprint density at radius 1 is 1.50 bits per heavy atom. The molecule has 16 heavy (non-hydrogen) atoms. The Bertz CT molecular complexity index is 250. The maximum Gasteiger partial charge on any atom is 0.330 e. The van der Waals surface area contributed by atoms with Gasteiger partial charge in [-0.15, -0.1) is 0 Å². The van der Waals surface area contributed by atoms with E-state index >= 15 is 0 Å². The smallest absolute Gasteiger partial charge is 0.330 e. The number of hydrogen-bond donors (Lipinski definition) is 1. The highest BCUT2D eigenvalue weighted by Gasteiger charge is 2.35. The molecular formula is C13H22O3. The van der Waals surface area contributed by atoms with Crippen molar-refractivity contribution in [3.63, 3.8) is 0 Å². The first kappa shape index (κ1) is 13.2. The summed E-state index contributed by atoms with van der Waals surface area (Å²) in [4.78, 5) is 10.9. The second-order valence-electron chi connectivity index (χ2n) is 5.20. The SMILES string of the molecule is C=CC(=O)OCCC1(O)CC(C)CC(C)C1. The molecule has 0 radical (unpaired) electrons. The molecule has 1 fully saturated rings. The number of esters is 1. The largest absolute Gasteiger partial charge is 0.462 e. The summed E-state index contributed by atoms with van der Waals surface area (Å²) in [5.41, 5.74) is -0.654. The minimum Gasteiger partial charge on any atom is -0.462 e. The molecule has 2 unspecified atom stereocenters. The highest BCUT2D eigenvalue weighted by Crippen LogP contribution is 2.37. The normalized spacial score (nSPS) is 34.4. The molecule has 92 valence electrons. The van der Waals surface area contributed by atoms with Gasteiger partial charge in [0.15, 0.2) is 0 Å². The third kappa shape index (κ3) is 3.97. The van der Waals surface area contributed by atoms with Gasteiger partial charge in [0.2, 0.25) is 0 Å². The van der Waals surface area contributed by atoms with Crippen molar-refractivity contribution in [2.45, 2.75) is 45.1 Å². The Hall–Kier alpha value is -0.830. The first-order valence-electron chi connectivity index (χ1n) is 5.97. The van der Waals surface area contributed by atoms with Crippen LogP contribution in [0.3, 0.4) is 0 Å². The summed E-state index contributed by atoms with van der Waals surface area (Å²) in [5.74, 6) is 0.674. The summed E-state index contributed by atoms with van der Waals surface area (Å²) in [7, 11) is 0. The Labute approximate surface area is 97.5 Å². The van der Waals surface area contributed by atoms with E-state index in [0.717, 1.165) is 18.9 Å². The van der Waals surface area contributed by atoms with Crippen LogP contribution in [0.25, 0.3) is 0 Å². The second-order valence-corrected chi connectivity index (χ2v) is 5.20. The molecule has 0 bridgehead atoms. The van der Waals surface area contributed by atoms with Gasteiger partial charge in [0.25, 0.3) is 0 Å². The molecule has 1 aliphatic carbocycles. The number of aliphatic hydroxyl groups is 1. The van der Waals surface area contributed by atoms with Crippen LogP contribution in [0.15, 0.2) is 12.7 Å². The van der Waals surface area contributed by atoms with Crippen LogP contribution in [-0.2, 0) is 9.53 Å². The van der Waals surface area contributed by atoms with Crippen molar-refractivity contribution in [1.29, 1.82) is 0 Å². The molecule has 0 aromatic carbocycles. The van der Waals surface area contributed by atoms with E-state index in [1.807, 2.05) is 0 Å². The summed E-state index contributed by atoms with van der Waals surface area (Å²) >= 11 is 0. The summed E-state index contributed by atoms with van der Waals surface area (Å²) in [5, 5.41) is 10.4. The first-order chi connectivity index (χ1) is 7.45. The van der Waals surface area contributed by atoms with Gasteiger partial charge in [-0.05, 0) is 31.1 Å². The Kier molecular flexibility index (Phi) is 4.54. The van der Waals surface area contributed by atoms with Gasteiger partial charge in [0.05, 0.1) is 12.2 Å². The topological polar surface area (TPSA) is 46.5 Å². The second kappa shape index (κ2) is 5.48. The number of ether oxygens (including phenoxy) is 1. The summed E-state index contributed by atoms with van der Waals surface area (Å²) in [6, 6.07) is 0. The predicted octanol–water partition coefficient (Wildman–Crippen LogP) is 2.29. The van der Waals surface area contributed by atoms with Gasteiger partial charge < -0.3 is 9.84 Å². The van der Waals surface area contributed by atoms with Gasteiger partial charge in [0, 0.05) is 12.5 Å². The molecule has 0 heterocycles. The average Bonchev–Trinajstić information content (AvgIpc) is 2.14. The van der Waals surface area contributed by atoms with Crippen LogP contribution in [0, 0.1) is 11.8 Å². The van der Waals surface area contributed by atoms with Crippen molar-refractivity contribution in [3.8, 4) is 0 Å². The zero-order chi connectivity index (χ0) is 12.2. The lowest BCUT2D eigenvalue weighted by atomic mass is 9.72. The van der Waals surface area contributed by atoms with Gasteiger partial charge in [-0.1, -0.05) is 20.4 Å². The fourth-order valence-electron chi connectivity index (χ4n) is 2.84. The summed E-state index contributed by atoms with van der Waals surface area (Å²) < 4.78 is 4.91. The van der Waals surface area contributed by atoms with Crippen LogP contribution in [0.5, 0.6) is 0 Å². The van der Waals surface area contributed by atoms with Gasteiger partial charge in [-0.2, -0.15) is 0 Å². The van der Waals surface area contributed by atoms with Gasteiger partial charge in [-0.3, -0.25) is 0 Å². The highest BCUT2D eigenvalue weighted by molar-refractivity contribution is 5.81. The molecule has 0 aromatic rings. The van der Waals surface area contributed by atoms with Crippen molar-refractivity contribution in [3.05, 3.63) is 12.7 Å². The van der Waals surface area contributed by atoms with Crippen molar-refractivity contribution in [2.75, 3.05) is 6.61 Å². The van der Waals surface area contributed by atoms with E-state index in [0.29, 0.717) is 18.3 Å². The standard InChI is InChI=1S/C13H22O3/c1-4-12(14)16-6-5-13(15)8-10(2)7-11(3)9-13/h4,10-11,15H,1,5-9H2,2-3H3. The summed E-state index contributed by atoms with van der Waals surface area (Å²) in [6.45, 7) is 7.94. The molecule has 1 aliphatic rings. The fourth-order valence-corrected chi connectivity index (χ4v) is 2.84. The molecule has 0 spiro atoms. The van der Waals surface area contributed by atoms with Crippen molar-refractivity contribution in [1.82, 2.24) is 0 Å². The lowest BCUT2D eigenvalue weighted by Gasteiger charge is -2.38. The Balaban J connectivity index is 2.38. The van der Waals surface area contributed by atoms with Gasteiger partial charge >= 0.3 is 5.97 Å². The van der Waals surface area contributed by atoms with Crippen molar-refractivity contribution < 1.29 is 14.6 Å². The van der Waals surface area contributed by atoms with Crippen LogP contribution >= 0.6 is 0 Å². The molecule has 1 N–H and O–H groups in total. The monoisotopic (exact) mass is 226 g/mol. The van der Waals surface area contributed by atoms with E-state index < -0.39 is 11.6 Å². The molecule has 0 aromatic heterocycles. The van der Waals surface area contributed by atoms with Crippen molar-refractivity contribution >= 4 is 5.97 Å². The first-order valence-corrected chi connectivity index (χ1v) is 5.97. The lowest BCUT2D eigenvalue weighted by Crippen LogP contribution is -2.39. The molecule has 3 nitrogen and oxygen atoms in total. The fraction of sp³-hybridized carbons (Fsp3) is 0.769. The Morgan fingerprint density at radius 3 is 2.56 bits per heavy atom. The third-order valence-electron chi connectivity index (χ3n) is 3.24. The average molecular weight is 226 g/mol.